The van der Waals surface area contributed by atoms with E-state index in [4.69, 9.17) is 11.6 Å². The van der Waals surface area contributed by atoms with Gasteiger partial charge in [0, 0.05) is 17.9 Å². The van der Waals surface area contributed by atoms with Gasteiger partial charge in [-0.05, 0) is 60.4 Å². The third kappa shape index (κ3) is 4.89. The summed E-state index contributed by atoms with van der Waals surface area (Å²) in [6.45, 7) is 0.653. The van der Waals surface area contributed by atoms with Crippen LogP contribution in [0.2, 0.25) is 0 Å². The lowest BCUT2D eigenvalue weighted by Crippen LogP contribution is -2.36. The molecule has 0 saturated carbocycles. The van der Waals surface area contributed by atoms with Crippen LogP contribution in [0, 0.1) is 0 Å². The second kappa shape index (κ2) is 9.98. The summed E-state index contributed by atoms with van der Waals surface area (Å²) in [7, 11) is 0. The summed E-state index contributed by atoms with van der Waals surface area (Å²) in [6.07, 6.45) is -2.63. The van der Waals surface area contributed by atoms with E-state index in [1.807, 2.05) is 24.3 Å². The standard InChI is InChI=1S/C28H21ClF3N3O3/c29-24-25(27(38)35(26(24)37)21-8-3-7-19(16-21)28(30,31)32)33-20-12-10-17(11-13-20)15-23(36)34-14-4-6-18-5-1-2-9-22(18)34/h1-3,5,7-13,16,33H,4,6,14-15H2. The Labute approximate surface area is 221 Å². The molecule has 10 heteroatoms. The van der Waals surface area contributed by atoms with Gasteiger partial charge in [-0.2, -0.15) is 13.2 Å². The highest BCUT2D eigenvalue weighted by molar-refractivity contribution is 6.53. The average molecular weight is 540 g/mol. The number of alkyl halides is 3. The molecular weight excluding hydrogens is 519 g/mol. The monoisotopic (exact) mass is 539 g/mol. The number of fused-ring (bicyclic) bond motifs is 1. The molecule has 38 heavy (non-hydrogen) atoms. The van der Waals surface area contributed by atoms with Crippen molar-refractivity contribution in [1.82, 2.24) is 0 Å². The zero-order chi connectivity index (χ0) is 27.0. The third-order valence-electron chi connectivity index (χ3n) is 6.45. The van der Waals surface area contributed by atoms with Crippen molar-refractivity contribution in [2.24, 2.45) is 0 Å². The summed E-state index contributed by atoms with van der Waals surface area (Å²) in [5.74, 6) is -1.83. The van der Waals surface area contributed by atoms with Crippen molar-refractivity contribution in [3.63, 3.8) is 0 Å². The van der Waals surface area contributed by atoms with Crippen molar-refractivity contribution in [3.05, 3.63) is 100 Å². The molecule has 0 aliphatic carbocycles. The summed E-state index contributed by atoms with van der Waals surface area (Å²) < 4.78 is 39.3. The molecule has 3 aromatic carbocycles. The van der Waals surface area contributed by atoms with Crippen molar-refractivity contribution < 1.29 is 27.6 Å². The van der Waals surface area contributed by atoms with E-state index in [9.17, 15) is 27.6 Å². The highest BCUT2D eigenvalue weighted by atomic mass is 35.5. The lowest BCUT2D eigenvalue weighted by molar-refractivity contribution is -0.137. The van der Waals surface area contributed by atoms with Gasteiger partial charge in [-0.25, -0.2) is 4.90 Å². The van der Waals surface area contributed by atoms with Gasteiger partial charge in [0.25, 0.3) is 11.8 Å². The molecule has 0 fully saturated rings. The molecule has 6 nitrogen and oxygen atoms in total. The van der Waals surface area contributed by atoms with Crippen LogP contribution in [0.15, 0.2) is 83.5 Å². The Hall–Kier alpha value is -4.11. The maximum atomic E-state index is 13.1. The average Bonchev–Trinajstić information content (AvgIpc) is 3.11. The molecule has 2 heterocycles. The normalized spacial score (nSPS) is 15.7. The first-order valence-corrected chi connectivity index (χ1v) is 12.2. The molecule has 1 N–H and O–H groups in total. The van der Waals surface area contributed by atoms with Crippen LogP contribution >= 0.6 is 11.6 Å². The lowest BCUT2D eigenvalue weighted by Gasteiger charge is -2.29. The number of imide groups is 1. The molecule has 0 unspecified atom stereocenters. The fraction of sp³-hybridized carbons (Fsp3) is 0.179. The number of anilines is 3. The van der Waals surface area contributed by atoms with Crippen LogP contribution in [0.4, 0.5) is 30.2 Å². The molecule has 0 radical (unpaired) electrons. The fourth-order valence-electron chi connectivity index (χ4n) is 4.58. The van der Waals surface area contributed by atoms with E-state index in [2.05, 4.69) is 5.32 Å². The number of carbonyl (C=O) groups excluding carboxylic acids is 3. The minimum Gasteiger partial charge on any atom is -0.350 e. The third-order valence-corrected chi connectivity index (χ3v) is 6.80. The van der Waals surface area contributed by atoms with E-state index in [1.165, 1.54) is 6.07 Å². The fourth-order valence-corrected chi connectivity index (χ4v) is 4.79. The number of nitrogens with one attached hydrogen (secondary N) is 1. The SMILES string of the molecule is O=C(Cc1ccc(NC2=C(Cl)C(=O)N(c3cccc(C(F)(F)F)c3)C2=O)cc1)N1CCCc2ccccc21. The maximum absolute atomic E-state index is 13.1. The first-order valence-electron chi connectivity index (χ1n) is 11.8. The second-order valence-electron chi connectivity index (χ2n) is 8.96. The number of nitrogens with zero attached hydrogens (tertiary/aromatic N) is 2. The first kappa shape index (κ1) is 25.5. The molecule has 5 rings (SSSR count). The van der Waals surface area contributed by atoms with Gasteiger partial charge in [0.1, 0.15) is 10.7 Å². The highest BCUT2D eigenvalue weighted by Crippen LogP contribution is 2.35. The number of carbonyl (C=O) groups is 3. The smallest absolute Gasteiger partial charge is 0.350 e. The summed E-state index contributed by atoms with van der Waals surface area (Å²) >= 11 is 6.11. The van der Waals surface area contributed by atoms with Crippen LogP contribution in [-0.2, 0) is 33.4 Å². The second-order valence-corrected chi connectivity index (χ2v) is 9.34. The van der Waals surface area contributed by atoms with E-state index in [0.717, 1.165) is 47.9 Å². The van der Waals surface area contributed by atoms with Crippen LogP contribution in [0.25, 0.3) is 0 Å². The molecule has 0 aromatic heterocycles. The predicted octanol–water partition coefficient (Wildman–Crippen LogP) is 5.66. The maximum Gasteiger partial charge on any atom is 0.416 e. The minimum absolute atomic E-state index is 0.0306. The number of halogens is 4. The predicted molar refractivity (Wildman–Crippen MR) is 138 cm³/mol. The number of hydrogen-bond donors (Lipinski definition) is 1. The van der Waals surface area contributed by atoms with Gasteiger partial charge in [0.15, 0.2) is 0 Å². The molecule has 0 saturated heterocycles. The molecule has 2 aliphatic heterocycles. The van der Waals surface area contributed by atoms with Crippen molar-refractivity contribution in [2.75, 3.05) is 21.7 Å². The molecule has 0 bridgehead atoms. The molecule has 3 aromatic rings. The summed E-state index contributed by atoms with van der Waals surface area (Å²) in [5.41, 5.74) is 1.77. The van der Waals surface area contributed by atoms with Crippen molar-refractivity contribution in [3.8, 4) is 0 Å². The Balaban J connectivity index is 1.28. The van der Waals surface area contributed by atoms with E-state index in [-0.39, 0.29) is 23.7 Å². The number of para-hydroxylation sites is 1. The van der Waals surface area contributed by atoms with E-state index in [0.29, 0.717) is 17.1 Å². The lowest BCUT2D eigenvalue weighted by atomic mass is 10.0. The van der Waals surface area contributed by atoms with Crippen LogP contribution in [0.5, 0.6) is 0 Å². The molecule has 3 amide bonds. The van der Waals surface area contributed by atoms with Crippen LogP contribution in [0.1, 0.15) is 23.1 Å². The van der Waals surface area contributed by atoms with Crippen LogP contribution in [-0.4, -0.2) is 24.3 Å². The summed E-state index contributed by atoms with van der Waals surface area (Å²) in [4.78, 5) is 41.0. The Morgan fingerprint density at radius 1 is 0.947 bits per heavy atom. The number of amides is 3. The highest BCUT2D eigenvalue weighted by Gasteiger charge is 2.40. The Morgan fingerprint density at radius 3 is 2.42 bits per heavy atom. The van der Waals surface area contributed by atoms with Gasteiger partial charge in [-0.15, -0.1) is 0 Å². The molecule has 0 atom stereocenters. The van der Waals surface area contributed by atoms with Crippen LogP contribution < -0.4 is 15.1 Å². The minimum atomic E-state index is -4.64. The van der Waals surface area contributed by atoms with E-state index >= 15 is 0 Å². The largest absolute Gasteiger partial charge is 0.416 e. The molecule has 194 valence electrons. The molecular formula is C28H21ClF3N3O3. The van der Waals surface area contributed by atoms with Gasteiger partial charge in [0.2, 0.25) is 5.91 Å². The number of hydrogen-bond acceptors (Lipinski definition) is 4. The topological polar surface area (TPSA) is 69.7 Å². The Bertz CT molecular complexity index is 1470. The Kier molecular flexibility index (Phi) is 6.71. The van der Waals surface area contributed by atoms with Gasteiger partial charge in [0.05, 0.1) is 17.7 Å². The van der Waals surface area contributed by atoms with Gasteiger partial charge < -0.3 is 10.2 Å². The number of benzene rings is 3. The van der Waals surface area contributed by atoms with E-state index < -0.39 is 28.6 Å². The van der Waals surface area contributed by atoms with E-state index in [1.54, 1.807) is 29.2 Å². The Morgan fingerprint density at radius 2 is 1.68 bits per heavy atom. The first-order chi connectivity index (χ1) is 18.1. The zero-order valence-corrected chi connectivity index (χ0v) is 20.6. The van der Waals surface area contributed by atoms with Crippen molar-refractivity contribution in [2.45, 2.75) is 25.4 Å². The van der Waals surface area contributed by atoms with Crippen molar-refractivity contribution in [1.29, 1.82) is 0 Å². The van der Waals surface area contributed by atoms with Gasteiger partial charge in [-0.3, -0.25) is 14.4 Å². The quantitative estimate of drug-likeness (QED) is 0.425. The number of rotatable bonds is 5. The van der Waals surface area contributed by atoms with Gasteiger partial charge in [-0.1, -0.05) is 48.0 Å². The van der Waals surface area contributed by atoms with Gasteiger partial charge >= 0.3 is 6.18 Å². The summed E-state index contributed by atoms with van der Waals surface area (Å²) in [5, 5.41) is 2.36. The van der Waals surface area contributed by atoms with Crippen LogP contribution in [0.3, 0.4) is 0 Å². The molecule has 0 spiro atoms. The number of aryl methyl sites for hydroxylation is 1. The molecule has 2 aliphatic rings. The zero-order valence-electron chi connectivity index (χ0n) is 19.9. The van der Waals surface area contributed by atoms with Crippen molar-refractivity contribution >= 4 is 46.4 Å². The summed E-state index contributed by atoms with van der Waals surface area (Å²) in [6, 6.07) is 18.4.